The van der Waals surface area contributed by atoms with Gasteiger partial charge in [-0.25, -0.2) is 9.69 Å². The predicted octanol–water partition coefficient (Wildman–Crippen LogP) is 7.87. The Morgan fingerprint density at radius 1 is 1.02 bits per heavy atom. The van der Waals surface area contributed by atoms with Crippen molar-refractivity contribution in [3.63, 3.8) is 0 Å². The summed E-state index contributed by atoms with van der Waals surface area (Å²) in [6.07, 6.45) is 2.12. The van der Waals surface area contributed by atoms with Crippen LogP contribution in [0.15, 0.2) is 76.8 Å². The number of nitrogens with zero attached hydrogens (tertiary/aromatic N) is 4. The number of carbonyl (C=O) groups is 5. The van der Waals surface area contributed by atoms with Crippen LogP contribution in [-0.2, 0) is 26.2 Å². The molecule has 1 saturated carbocycles. The molecule has 57 heavy (non-hydrogen) atoms. The Hall–Kier alpha value is -5.31. The van der Waals surface area contributed by atoms with E-state index in [4.69, 9.17) is 21.4 Å². The van der Waals surface area contributed by atoms with Crippen molar-refractivity contribution in [1.82, 2.24) is 9.78 Å². The summed E-state index contributed by atoms with van der Waals surface area (Å²) in [4.78, 5) is 73.7. The third-order valence-corrected chi connectivity index (χ3v) is 14.4. The predicted molar refractivity (Wildman–Crippen MR) is 217 cm³/mol. The molecule has 4 aliphatic rings. The molecular formula is C42H34BrClN4O8S. The maximum atomic E-state index is 15.2. The number of hydrogen-bond acceptors (Lipinski definition) is 9. The number of amides is 4. The lowest BCUT2D eigenvalue weighted by atomic mass is 9.51. The summed E-state index contributed by atoms with van der Waals surface area (Å²) in [6.45, 7) is 3.72. The highest BCUT2D eigenvalue weighted by Crippen LogP contribution is 2.65. The van der Waals surface area contributed by atoms with Crippen molar-refractivity contribution in [3.8, 4) is 22.1 Å². The number of imide groups is 2. The number of phenols is 1. The van der Waals surface area contributed by atoms with Crippen molar-refractivity contribution < 1.29 is 38.9 Å². The Morgan fingerprint density at radius 3 is 2.53 bits per heavy atom. The van der Waals surface area contributed by atoms with Crippen LogP contribution in [0, 0.1) is 36.0 Å². The number of halogens is 2. The van der Waals surface area contributed by atoms with Gasteiger partial charge in [0.1, 0.15) is 11.5 Å². The van der Waals surface area contributed by atoms with Crippen LogP contribution in [0.4, 0.5) is 11.5 Å². The number of carboxylic acid groups (broad SMARTS) is 1. The van der Waals surface area contributed by atoms with Crippen LogP contribution in [0.2, 0.25) is 5.02 Å². The van der Waals surface area contributed by atoms with E-state index in [0.29, 0.717) is 26.3 Å². The number of carboxylic acids is 1. The zero-order valence-electron chi connectivity index (χ0n) is 30.9. The number of methoxy groups -OCH3 is 1. The quantitative estimate of drug-likeness (QED) is 0.128. The molecule has 12 nitrogen and oxygen atoms in total. The van der Waals surface area contributed by atoms with Gasteiger partial charge in [0.15, 0.2) is 11.5 Å². The van der Waals surface area contributed by atoms with Gasteiger partial charge in [0.05, 0.1) is 46.4 Å². The first-order valence-corrected chi connectivity index (χ1v) is 20.2. The number of allylic oxidation sites excluding steroid dienone is 2. The summed E-state index contributed by atoms with van der Waals surface area (Å²) in [5, 5.41) is 27.8. The zero-order chi connectivity index (χ0) is 40.4. The van der Waals surface area contributed by atoms with E-state index in [0.717, 1.165) is 25.4 Å². The van der Waals surface area contributed by atoms with Gasteiger partial charge >= 0.3 is 5.97 Å². The molecule has 0 bridgehead atoms. The van der Waals surface area contributed by atoms with Crippen molar-refractivity contribution in [3.05, 3.63) is 98.5 Å². The molecule has 2 N–H and O–H groups in total. The number of phenolic OH excluding ortho intramolecular Hbond substituents is 1. The first kappa shape index (κ1) is 37.3. The van der Waals surface area contributed by atoms with Gasteiger partial charge in [0.2, 0.25) is 23.6 Å². The molecule has 9 rings (SSSR count). The second kappa shape index (κ2) is 13.1. The molecule has 0 unspecified atom stereocenters. The zero-order valence-corrected chi connectivity index (χ0v) is 34.1. The minimum Gasteiger partial charge on any atom is -0.504 e. The Bertz CT molecular complexity index is 2690. The smallest absolute Gasteiger partial charge is 0.335 e. The van der Waals surface area contributed by atoms with E-state index in [9.17, 15) is 29.4 Å². The number of fused-ring (bicyclic) bond motifs is 5. The summed E-state index contributed by atoms with van der Waals surface area (Å²) in [5.74, 6) is -7.17. The Morgan fingerprint density at radius 2 is 1.79 bits per heavy atom. The van der Waals surface area contributed by atoms with Crippen LogP contribution in [0.3, 0.4) is 0 Å². The summed E-state index contributed by atoms with van der Waals surface area (Å²) >= 11 is 11.4. The number of aromatic nitrogens is 2. The highest BCUT2D eigenvalue weighted by Gasteiger charge is 2.68. The monoisotopic (exact) mass is 868 g/mol. The number of aryl methyl sites for hydroxylation is 2. The van der Waals surface area contributed by atoms with Crippen molar-refractivity contribution in [2.75, 3.05) is 16.9 Å². The van der Waals surface area contributed by atoms with Gasteiger partial charge in [-0.1, -0.05) is 45.2 Å². The Kier molecular flexibility index (Phi) is 8.58. The molecule has 4 heterocycles. The largest absolute Gasteiger partial charge is 0.504 e. The highest BCUT2D eigenvalue weighted by molar-refractivity contribution is 9.10. The van der Waals surface area contributed by atoms with Crippen LogP contribution in [0.1, 0.15) is 47.2 Å². The van der Waals surface area contributed by atoms with E-state index >= 15 is 4.79 Å². The van der Waals surface area contributed by atoms with Gasteiger partial charge in [0.25, 0.3) is 0 Å². The molecule has 4 amide bonds. The molecule has 3 fully saturated rings. The molecule has 2 aliphatic carbocycles. The molecule has 2 aromatic heterocycles. The van der Waals surface area contributed by atoms with Crippen molar-refractivity contribution in [2.24, 2.45) is 36.1 Å². The Labute approximate surface area is 343 Å². The van der Waals surface area contributed by atoms with E-state index < -0.39 is 64.6 Å². The molecule has 0 radical (unpaired) electrons. The average Bonchev–Trinajstić information content (AvgIpc) is 3.85. The molecule has 3 aromatic carbocycles. The van der Waals surface area contributed by atoms with E-state index in [2.05, 4.69) is 15.9 Å². The lowest BCUT2D eigenvalue weighted by Crippen LogP contribution is -2.49. The lowest BCUT2D eigenvalue weighted by Gasteiger charge is -2.49. The lowest BCUT2D eigenvalue weighted by molar-refractivity contribution is -0.131. The first-order valence-electron chi connectivity index (χ1n) is 18.2. The minimum atomic E-state index is -1.45. The van der Waals surface area contributed by atoms with Crippen LogP contribution in [0.25, 0.3) is 20.7 Å². The highest BCUT2D eigenvalue weighted by atomic mass is 79.9. The van der Waals surface area contributed by atoms with Gasteiger partial charge < -0.3 is 14.9 Å². The summed E-state index contributed by atoms with van der Waals surface area (Å²) in [5.41, 5.74) is 1.16. The SMILES string of the molecule is COc1cc(Br)cc([C@H]2C3=CC[C@@H]4C(=O)N(c5cccc(C(=O)O)c5)C(=O)[C@@H]4[C@@H]3C[C@H]3C(=O)N(c4cc(-c5sc6ccc(Cl)cc6c5C)nn4C)C(=O)[C@@]23C)c1O. The molecule has 15 heteroatoms. The van der Waals surface area contributed by atoms with Crippen LogP contribution >= 0.6 is 38.9 Å². The topological polar surface area (TPSA) is 159 Å². The molecule has 290 valence electrons. The normalized spacial score (nSPS) is 25.5. The molecule has 6 atom stereocenters. The fraction of sp³-hybridized carbons (Fsp3) is 0.286. The van der Waals surface area contributed by atoms with Crippen molar-refractivity contribution in [2.45, 2.75) is 32.6 Å². The maximum absolute atomic E-state index is 15.2. The van der Waals surface area contributed by atoms with Gasteiger partial charge in [-0.05, 0) is 92.1 Å². The van der Waals surface area contributed by atoms with Crippen molar-refractivity contribution in [1.29, 1.82) is 0 Å². The third kappa shape index (κ3) is 5.29. The first-order chi connectivity index (χ1) is 27.1. The van der Waals surface area contributed by atoms with E-state index in [1.54, 1.807) is 32.2 Å². The number of hydrogen-bond donors (Lipinski definition) is 2. The van der Waals surface area contributed by atoms with E-state index in [-0.39, 0.29) is 41.4 Å². The number of aromatic hydroxyl groups is 1. The summed E-state index contributed by atoms with van der Waals surface area (Å²) in [6, 6.07) is 16.4. The maximum Gasteiger partial charge on any atom is 0.335 e. The molecule has 0 spiro atoms. The number of aromatic carboxylic acids is 1. The Balaban J connectivity index is 1.17. The molecule has 5 aromatic rings. The average molecular weight is 870 g/mol. The van der Waals surface area contributed by atoms with Crippen molar-refractivity contribution >= 4 is 90.1 Å². The van der Waals surface area contributed by atoms with Gasteiger partial charge in [-0.2, -0.15) is 5.10 Å². The molecular weight excluding hydrogens is 836 g/mol. The third-order valence-electron chi connectivity index (χ3n) is 12.4. The van der Waals surface area contributed by atoms with Crippen LogP contribution in [0.5, 0.6) is 11.5 Å². The van der Waals surface area contributed by atoms with Gasteiger partial charge in [-0.3, -0.25) is 28.8 Å². The number of carbonyl (C=O) groups excluding carboxylic acids is 4. The van der Waals surface area contributed by atoms with Crippen LogP contribution < -0.4 is 14.5 Å². The summed E-state index contributed by atoms with van der Waals surface area (Å²) in [7, 11) is 3.09. The van der Waals surface area contributed by atoms with E-state index in [1.165, 1.54) is 52.3 Å². The fourth-order valence-electron chi connectivity index (χ4n) is 9.80. The van der Waals surface area contributed by atoms with Gasteiger partial charge in [0, 0.05) is 38.8 Å². The number of anilines is 2. The number of rotatable bonds is 6. The second-order valence-electron chi connectivity index (χ2n) is 15.3. The minimum absolute atomic E-state index is 0.0743. The molecule has 2 saturated heterocycles. The summed E-state index contributed by atoms with van der Waals surface area (Å²) < 4.78 is 8.63. The number of ether oxygens (including phenoxy) is 1. The molecule has 2 aliphatic heterocycles. The second-order valence-corrected chi connectivity index (χ2v) is 17.7. The number of benzene rings is 3. The standard InChI is InChI=1S/C42H34BrClN4O8S/c1-18-25-15-21(44)8-11-31(25)57-36(18)29-17-32(46(3)45-29)48-38(51)28-16-26-23(34(42(28,2)41(48)55)27-13-20(43)14-30(56-4)35(27)49)9-10-24-33(26)39(52)47(37(24)50)22-7-5-6-19(12-22)40(53)54/h5-9,11-15,17,24,26,28,33-34,49H,10,16H2,1-4H3,(H,53,54)/t24-,26+,28-,33-,34+,42+/m0/s1. The van der Waals surface area contributed by atoms with Gasteiger partial charge in [-0.15, -0.1) is 11.3 Å². The van der Waals surface area contributed by atoms with E-state index in [1.807, 2.05) is 31.2 Å². The fourth-order valence-corrected chi connectivity index (χ4v) is 11.6. The van der Waals surface area contributed by atoms with Crippen LogP contribution in [-0.4, -0.2) is 56.7 Å². The number of thiophene rings is 1.